The first kappa shape index (κ1) is 15.8. The van der Waals surface area contributed by atoms with Crippen molar-refractivity contribution in [2.45, 2.75) is 12.1 Å². The molecule has 3 saturated heterocycles. The smallest absolute Gasteiger partial charge is 0.255 e. The Balaban J connectivity index is 1.57. The molecule has 126 valence electrons. The van der Waals surface area contributed by atoms with E-state index in [1.165, 1.54) is 0 Å². The molecule has 1 aromatic carbocycles. The van der Waals surface area contributed by atoms with Crippen molar-refractivity contribution in [3.63, 3.8) is 0 Å². The van der Waals surface area contributed by atoms with Crippen molar-refractivity contribution in [1.29, 1.82) is 0 Å². The van der Waals surface area contributed by atoms with Gasteiger partial charge in [0.25, 0.3) is 5.91 Å². The molecule has 3 aliphatic heterocycles. The van der Waals surface area contributed by atoms with Crippen molar-refractivity contribution in [2.75, 3.05) is 31.3 Å². The predicted octanol–water partition coefficient (Wildman–Crippen LogP) is 0.908. The molecule has 0 aromatic heterocycles. The van der Waals surface area contributed by atoms with E-state index in [-0.39, 0.29) is 30.3 Å². The van der Waals surface area contributed by atoms with Gasteiger partial charge in [-0.1, -0.05) is 23.7 Å². The van der Waals surface area contributed by atoms with Crippen LogP contribution in [0.4, 0.5) is 0 Å². The maximum atomic E-state index is 12.7. The molecule has 2 atom stereocenters. The predicted molar refractivity (Wildman–Crippen MR) is 90.8 cm³/mol. The third-order valence-electron chi connectivity index (χ3n) is 4.79. The van der Waals surface area contributed by atoms with Crippen molar-refractivity contribution < 1.29 is 14.4 Å². The van der Waals surface area contributed by atoms with Crippen LogP contribution in [0.2, 0.25) is 5.02 Å². The number of hydrogen-bond acceptors (Lipinski definition) is 4. The number of rotatable bonds is 1. The summed E-state index contributed by atoms with van der Waals surface area (Å²) in [6.07, 6.45) is 0. The second kappa shape index (κ2) is 5.97. The van der Waals surface area contributed by atoms with Crippen LogP contribution >= 0.6 is 23.4 Å². The molecule has 3 fully saturated rings. The quantitative estimate of drug-likeness (QED) is 0.742. The Morgan fingerprint density at radius 1 is 1.08 bits per heavy atom. The molecule has 6 nitrogen and oxygen atoms in total. The topological polar surface area (TPSA) is 60.9 Å². The number of carbonyl (C=O) groups is 3. The molecule has 0 spiro atoms. The van der Waals surface area contributed by atoms with E-state index in [1.807, 2.05) is 0 Å². The number of halogens is 1. The number of fused-ring (bicyclic) bond motifs is 2. The normalized spacial score (nSPS) is 26.5. The molecule has 24 heavy (non-hydrogen) atoms. The monoisotopic (exact) mass is 365 g/mol. The summed E-state index contributed by atoms with van der Waals surface area (Å²) in [7, 11) is 0. The van der Waals surface area contributed by atoms with Crippen molar-refractivity contribution in [3.05, 3.63) is 34.9 Å². The molecule has 8 heteroatoms. The van der Waals surface area contributed by atoms with Gasteiger partial charge in [-0.2, -0.15) is 0 Å². The van der Waals surface area contributed by atoms with Gasteiger partial charge in [-0.3, -0.25) is 14.4 Å². The number of hydrogen-bond donors (Lipinski definition) is 0. The minimum absolute atomic E-state index is 0.00874. The van der Waals surface area contributed by atoms with Crippen LogP contribution in [-0.2, 0) is 9.59 Å². The van der Waals surface area contributed by atoms with Crippen LogP contribution in [0.1, 0.15) is 10.4 Å². The van der Waals surface area contributed by atoms with Gasteiger partial charge in [0.2, 0.25) is 11.8 Å². The molecule has 3 amide bonds. The summed E-state index contributed by atoms with van der Waals surface area (Å²) in [4.78, 5) is 42.9. The number of carbonyl (C=O) groups excluding carboxylic acids is 3. The fraction of sp³-hybridized carbons (Fsp3) is 0.438. The third kappa shape index (κ3) is 2.38. The highest BCUT2D eigenvalue weighted by Gasteiger charge is 2.50. The first-order valence-electron chi connectivity index (χ1n) is 7.80. The van der Waals surface area contributed by atoms with E-state index in [0.29, 0.717) is 35.3 Å². The minimum atomic E-state index is -0.576. The van der Waals surface area contributed by atoms with E-state index in [4.69, 9.17) is 11.6 Å². The Morgan fingerprint density at radius 3 is 2.62 bits per heavy atom. The zero-order valence-corrected chi connectivity index (χ0v) is 14.4. The fourth-order valence-corrected chi connectivity index (χ4v) is 4.87. The van der Waals surface area contributed by atoms with Gasteiger partial charge < -0.3 is 14.7 Å². The maximum Gasteiger partial charge on any atom is 0.255 e. The highest BCUT2D eigenvalue weighted by Crippen LogP contribution is 2.30. The van der Waals surface area contributed by atoms with Crippen LogP contribution in [0, 0.1) is 0 Å². The van der Waals surface area contributed by atoms with Crippen LogP contribution in [0.25, 0.3) is 0 Å². The Hall–Kier alpha value is -1.73. The molecule has 1 aromatic rings. The van der Waals surface area contributed by atoms with Crippen LogP contribution < -0.4 is 0 Å². The first-order valence-corrected chi connectivity index (χ1v) is 9.33. The van der Waals surface area contributed by atoms with Crippen LogP contribution in [0.15, 0.2) is 24.3 Å². The number of nitrogens with zero attached hydrogens (tertiary/aromatic N) is 3. The summed E-state index contributed by atoms with van der Waals surface area (Å²) in [5.41, 5.74) is 0.428. The lowest BCUT2D eigenvalue weighted by atomic mass is 10.0. The molecule has 0 saturated carbocycles. The molecular formula is C16H16ClN3O3S. The lowest BCUT2D eigenvalue weighted by Crippen LogP contribution is -2.69. The molecule has 0 bridgehead atoms. The summed E-state index contributed by atoms with van der Waals surface area (Å²) in [6.45, 7) is 1.03. The second-order valence-electron chi connectivity index (χ2n) is 6.10. The number of thioether (sulfide) groups is 1. The third-order valence-corrected chi connectivity index (χ3v) is 6.13. The molecular weight excluding hydrogens is 350 g/mol. The molecule has 0 unspecified atom stereocenters. The van der Waals surface area contributed by atoms with Gasteiger partial charge in [0.05, 0.1) is 23.0 Å². The number of amides is 3. The Labute approximate surface area is 148 Å². The van der Waals surface area contributed by atoms with E-state index >= 15 is 0 Å². The molecule has 0 N–H and O–H groups in total. The molecule has 4 rings (SSSR count). The van der Waals surface area contributed by atoms with Crippen LogP contribution in [0.3, 0.4) is 0 Å². The van der Waals surface area contributed by atoms with Crippen LogP contribution in [0.5, 0.6) is 0 Å². The van der Waals surface area contributed by atoms with Crippen molar-refractivity contribution in [2.24, 2.45) is 0 Å². The molecule has 3 heterocycles. The van der Waals surface area contributed by atoms with Gasteiger partial charge in [-0.15, -0.1) is 11.8 Å². The molecule has 3 aliphatic rings. The summed E-state index contributed by atoms with van der Waals surface area (Å²) in [5.74, 6) is 0.975. The second-order valence-corrected chi connectivity index (χ2v) is 7.51. The lowest BCUT2D eigenvalue weighted by Gasteiger charge is -2.47. The average molecular weight is 366 g/mol. The maximum absolute atomic E-state index is 12.7. The number of benzene rings is 1. The zero-order valence-electron chi connectivity index (χ0n) is 12.9. The average Bonchev–Trinajstić information content (AvgIpc) is 3.09. The summed E-state index contributed by atoms with van der Waals surface area (Å²) < 4.78 is 0. The molecule has 0 aliphatic carbocycles. The van der Waals surface area contributed by atoms with Crippen molar-refractivity contribution in [1.82, 2.24) is 14.7 Å². The minimum Gasteiger partial charge on any atom is -0.334 e. The van der Waals surface area contributed by atoms with E-state index < -0.39 is 6.04 Å². The van der Waals surface area contributed by atoms with E-state index in [1.54, 1.807) is 50.7 Å². The van der Waals surface area contributed by atoms with Gasteiger partial charge in [0.15, 0.2) is 0 Å². The summed E-state index contributed by atoms with van der Waals surface area (Å²) >= 11 is 7.71. The van der Waals surface area contributed by atoms with E-state index in [0.717, 1.165) is 0 Å². The lowest BCUT2D eigenvalue weighted by molar-refractivity contribution is -0.161. The van der Waals surface area contributed by atoms with Gasteiger partial charge in [-0.25, -0.2) is 0 Å². The van der Waals surface area contributed by atoms with E-state index in [9.17, 15) is 14.4 Å². The SMILES string of the molecule is O=C(c1ccccc1Cl)N1CCN2C(=O)[C@@H]3CSCN3C(=O)[C@H]2C1. The highest BCUT2D eigenvalue weighted by molar-refractivity contribution is 7.99. The van der Waals surface area contributed by atoms with Crippen molar-refractivity contribution >= 4 is 41.1 Å². The highest BCUT2D eigenvalue weighted by atomic mass is 35.5. The Kier molecular flexibility index (Phi) is 3.92. The number of piperazine rings is 2. The molecule has 0 radical (unpaired) electrons. The van der Waals surface area contributed by atoms with Crippen molar-refractivity contribution in [3.8, 4) is 0 Å². The summed E-state index contributed by atoms with van der Waals surface area (Å²) in [5, 5.41) is 0.395. The fourth-order valence-electron chi connectivity index (χ4n) is 3.49. The van der Waals surface area contributed by atoms with E-state index in [2.05, 4.69) is 0 Å². The first-order chi connectivity index (χ1) is 11.6. The largest absolute Gasteiger partial charge is 0.334 e. The standard InChI is InChI=1S/C16H16ClN3O3S/c17-11-4-2-1-3-10(11)14(21)18-5-6-19-12(7-18)15(22)20-9-24-8-13(20)16(19)23/h1-4,12-13H,5-9H2/t12-,13+/m1/s1. The van der Waals surface area contributed by atoms with Gasteiger partial charge >= 0.3 is 0 Å². The van der Waals surface area contributed by atoms with Gasteiger partial charge in [0, 0.05) is 18.8 Å². The van der Waals surface area contributed by atoms with Gasteiger partial charge in [-0.05, 0) is 12.1 Å². The Morgan fingerprint density at radius 2 is 1.83 bits per heavy atom. The zero-order chi connectivity index (χ0) is 16.8. The van der Waals surface area contributed by atoms with Gasteiger partial charge in [0.1, 0.15) is 12.1 Å². The van der Waals surface area contributed by atoms with Crippen LogP contribution in [-0.4, -0.2) is 75.8 Å². The summed E-state index contributed by atoms with van der Waals surface area (Å²) in [6, 6.07) is 5.98. The Bertz CT molecular complexity index is 728.